The van der Waals surface area contributed by atoms with Crippen LogP contribution < -0.4 is 20.9 Å². The van der Waals surface area contributed by atoms with Crippen LogP contribution in [0.15, 0.2) is 18.2 Å². The molecule has 26 heavy (non-hydrogen) atoms. The number of hydroxylamine groups is 1. The van der Waals surface area contributed by atoms with Crippen LogP contribution in [0, 0.1) is 11.7 Å². The van der Waals surface area contributed by atoms with Gasteiger partial charge in [-0.05, 0) is 31.4 Å². The number of amides is 1. The minimum atomic E-state index is -0.562. The molecule has 1 amide bonds. The smallest absolute Gasteiger partial charge is 0.258 e. The highest BCUT2D eigenvalue weighted by molar-refractivity contribution is 6.30. The van der Waals surface area contributed by atoms with E-state index in [4.69, 9.17) is 21.2 Å². The topological polar surface area (TPSA) is 71.6 Å². The molecule has 1 aromatic carbocycles. The number of hydrogen-bond acceptors (Lipinski definition) is 5. The van der Waals surface area contributed by atoms with Gasteiger partial charge in [0.15, 0.2) is 6.61 Å². The summed E-state index contributed by atoms with van der Waals surface area (Å²) in [5.41, 5.74) is 2.96. The van der Waals surface area contributed by atoms with E-state index in [-0.39, 0.29) is 40.5 Å². The molecule has 4 aliphatic rings. The molecule has 2 bridgehead atoms. The lowest BCUT2D eigenvalue weighted by Gasteiger charge is -2.71. The van der Waals surface area contributed by atoms with E-state index in [0.717, 1.165) is 32.4 Å². The second kappa shape index (κ2) is 6.64. The maximum absolute atomic E-state index is 13.4. The fraction of sp³-hybridized carbons (Fsp3) is 0.611. The molecule has 1 saturated heterocycles. The molecule has 5 rings (SSSR count). The molecule has 3 aliphatic carbocycles. The quantitative estimate of drug-likeness (QED) is 0.669. The maximum atomic E-state index is 13.4. The number of carbonyl (C=O) groups is 1. The van der Waals surface area contributed by atoms with Gasteiger partial charge in [-0.3, -0.25) is 9.63 Å². The summed E-state index contributed by atoms with van der Waals surface area (Å²) >= 11 is 5.62. The summed E-state index contributed by atoms with van der Waals surface area (Å²) in [6, 6.07) is 4.13. The summed E-state index contributed by atoms with van der Waals surface area (Å²) in [5, 5.41) is 6.68. The van der Waals surface area contributed by atoms with Crippen LogP contribution in [-0.2, 0) is 9.63 Å². The average molecular weight is 384 g/mol. The third-order valence-electron chi connectivity index (χ3n) is 5.65. The van der Waals surface area contributed by atoms with Gasteiger partial charge >= 0.3 is 0 Å². The van der Waals surface area contributed by atoms with Crippen molar-refractivity contribution in [2.75, 3.05) is 19.7 Å². The Morgan fingerprint density at radius 3 is 2.85 bits per heavy atom. The van der Waals surface area contributed by atoms with Gasteiger partial charge in [0.05, 0.1) is 11.1 Å². The van der Waals surface area contributed by atoms with E-state index in [1.807, 2.05) is 0 Å². The predicted molar refractivity (Wildman–Crippen MR) is 94.4 cm³/mol. The van der Waals surface area contributed by atoms with E-state index >= 15 is 0 Å². The van der Waals surface area contributed by atoms with E-state index in [2.05, 4.69) is 23.0 Å². The van der Waals surface area contributed by atoms with Gasteiger partial charge in [-0.2, -0.15) is 0 Å². The number of hydrogen-bond donors (Lipinski definition) is 3. The minimum absolute atomic E-state index is 0.0293. The van der Waals surface area contributed by atoms with E-state index in [1.165, 1.54) is 12.1 Å². The molecule has 3 saturated carbocycles. The van der Waals surface area contributed by atoms with Crippen LogP contribution in [0.2, 0.25) is 5.02 Å². The number of rotatable bonds is 7. The number of carbonyl (C=O) groups excluding carboxylic acids is 1. The van der Waals surface area contributed by atoms with Crippen molar-refractivity contribution in [3.05, 3.63) is 29.0 Å². The summed E-state index contributed by atoms with van der Waals surface area (Å²) in [5.74, 6) is 0.0359. The van der Waals surface area contributed by atoms with Crippen LogP contribution in [0.3, 0.4) is 0 Å². The van der Waals surface area contributed by atoms with Crippen molar-refractivity contribution in [1.82, 2.24) is 16.1 Å². The summed E-state index contributed by atoms with van der Waals surface area (Å²) in [7, 11) is 0. The van der Waals surface area contributed by atoms with E-state index in [1.54, 1.807) is 6.07 Å². The van der Waals surface area contributed by atoms with Crippen molar-refractivity contribution in [3.63, 3.8) is 0 Å². The Hall–Kier alpha value is -1.41. The van der Waals surface area contributed by atoms with Gasteiger partial charge in [-0.15, -0.1) is 0 Å². The fourth-order valence-electron chi connectivity index (χ4n) is 4.25. The molecule has 0 spiro atoms. The van der Waals surface area contributed by atoms with Crippen LogP contribution in [0.1, 0.15) is 26.2 Å². The molecular formula is C18H23ClFN3O3. The summed E-state index contributed by atoms with van der Waals surface area (Å²) in [6.45, 7) is 3.74. The van der Waals surface area contributed by atoms with Crippen molar-refractivity contribution >= 4 is 17.5 Å². The van der Waals surface area contributed by atoms with Crippen LogP contribution in [0.4, 0.5) is 4.39 Å². The second-order valence-electron chi connectivity index (χ2n) is 7.87. The van der Waals surface area contributed by atoms with E-state index in [0.29, 0.717) is 5.92 Å². The molecule has 1 heterocycles. The Bertz CT molecular complexity index is 697. The molecule has 8 heteroatoms. The first-order valence-corrected chi connectivity index (χ1v) is 9.29. The van der Waals surface area contributed by atoms with Gasteiger partial charge in [0.1, 0.15) is 11.6 Å². The van der Waals surface area contributed by atoms with E-state index < -0.39 is 5.82 Å². The standard InChI is InChI=1S/C18H23ClFN3O3/c1-11-5-22-26-15(11)6-21-17-8-18(9-17,10-17)23-16(24)7-25-12-2-3-13(19)14(20)4-12/h2-4,11,15,21-22H,5-10H2,1H3,(H,23,24). The molecule has 4 fully saturated rings. The van der Waals surface area contributed by atoms with Crippen molar-refractivity contribution in [2.24, 2.45) is 5.92 Å². The second-order valence-corrected chi connectivity index (χ2v) is 8.27. The number of ether oxygens (including phenoxy) is 1. The van der Waals surface area contributed by atoms with Crippen LogP contribution in [0.25, 0.3) is 0 Å². The van der Waals surface area contributed by atoms with Crippen LogP contribution >= 0.6 is 11.6 Å². The molecule has 142 valence electrons. The molecule has 0 radical (unpaired) electrons. The Morgan fingerprint density at radius 1 is 1.42 bits per heavy atom. The summed E-state index contributed by atoms with van der Waals surface area (Å²) in [4.78, 5) is 17.6. The van der Waals surface area contributed by atoms with Crippen LogP contribution in [0.5, 0.6) is 5.75 Å². The van der Waals surface area contributed by atoms with Gasteiger partial charge in [0.25, 0.3) is 5.91 Å². The van der Waals surface area contributed by atoms with Crippen molar-refractivity contribution in [1.29, 1.82) is 0 Å². The zero-order valence-corrected chi connectivity index (χ0v) is 15.4. The lowest BCUT2D eigenvalue weighted by molar-refractivity contribution is -0.144. The number of benzene rings is 1. The average Bonchev–Trinajstić information content (AvgIpc) is 2.95. The highest BCUT2D eigenvalue weighted by Gasteiger charge is 2.68. The first-order chi connectivity index (χ1) is 12.4. The third kappa shape index (κ3) is 3.41. The largest absolute Gasteiger partial charge is 0.484 e. The highest BCUT2D eigenvalue weighted by Crippen LogP contribution is 2.60. The SMILES string of the molecule is CC1CNOC1CNC12CC(NC(=O)COc3ccc(Cl)c(F)c3)(C1)C2. The molecular weight excluding hydrogens is 361 g/mol. The molecule has 2 unspecified atom stereocenters. The number of nitrogens with one attached hydrogen (secondary N) is 3. The minimum Gasteiger partial charge on any atom is -0.484 e. The normalized spacial score (nSPS) is 34.7. The van der Waals surface area contributed by atoms with Gasteiger partial charge in [-0.25, -0.2) is 9.87 Å². The Balaban J connectivity index is 1.18. The number of halogens is 2. The summed E-state index contributed by atoms with van der Waals surface area (Å²) < 4.78 is 18.7. The Kier molecular flexibility index (Phi) is 4.59. The molecule has 1 aliphatic heterocycles. The molecule has 6 nitrogen and oxygen atoms in total. The van der Waals surface area contributed by atoms with Gasteiger partial charge < -0.3 is 15.4 Å². The Labute approximate surface area is 156 Å². The van der Waals surface area contributed by atoms with Crippen molar-refractivity contribution in [2.45, 2.75) is 43.4 Å². The van der Waals surface area contributed by atoms with Crippen LogP contribution in [-0.4, -0.2) is 42.8 Å². The lowest BCUT2D eigenvalue weighted by Crippen LogP contribution is -2.83. The van der Waals surface area contributed by atoms with Gasteiger partial charge in [0, 0.05) is 36.2 Å². The monoisotopic (exact) mass is 383 g/mol. The van der Waals surface area contributed by atoms with Crippen molar-refractivity contribution in [3.8, 4) is 5.75 Å². The molecule has 3 N–H and O–H groups in total. The summed E-state index contributed by atoms with van der Waals surface area (Å²) in [6.07, 6.45) is 2.98. The van der Waals surface area contributed by atoms with Gasteiger partial charge in [0.2, 0.25) is 0 Å². The molecule has 1 aromatic rings. The molecule has 2 atom stereocenters. The zero-order chi connectivity index (χ0) is 18.4. The highest BCUT2D eigenvalue weighted by atomic mass is 35.5. The predicted octanol–water partition coefficient (Wildman–Crippen LogP) is 1.78. The molecule has 0 aromatic heterocycles. The zero-order valence-electron chi connectivity index (χ0n) is 14.6. The maximum Gasteiger partial charge on any atom is 0.258 e. The fourth-order valence-corrected chi connectivity index (χ4v) is 4.37. The van der Waals surface area contributed by atoms with Crippen molar-refractivity contribution < 1.29 is 18.8 Å². The Morgan fingerprint density at radius 2 is 2.19 bits per heavy atom. The third-order valence-corrected chi connectivity index (χ3v) is 5.96. The van der Waals surface area contributed by atoms with Gasteiger partial charge in [-0.1, -0.05) is 18.5 Å². The lowest BCUT2D eigenvalue weighted by atomic mass is 9.44. The first-order valence-electron chi connectivity index (χ1n) is 8.91. The van der Waals surface area contributed by atoms with E-state index in [9.17, 15) is 9.18 Å². The first kappa shape index (κ1) is 18.0.